The van der Waals surface area contributed by atoms with Gasteiger partial charge in [-0.1, -0.05) is 25.1 Å². The highest BCUT2D eigenvalue weighted by atomic mass is 16.4. The first-order chi connectivity index (χ1) is 12.9. The Hall–Kier alpha value is -3.29. The number of rotatable bonds is 6. The molecule has 0 aliphatic carbocycles. The van der Waals surface area contributed by atoms with Crippen LogP contribution in [0.5, 0.6) is 0 Å². The Morgan fingerprint density at radius 3 is 2.74 bits per heavy atom. The van der Waals surface area contributed by atoms with E-state index >= 15 is 0 Å². The van der Waals surface area contributed by atoms with Gasteiger partial charge in [-0.15, -0.1) is 5.10 Å². The molecule has 0 unspecified atom stereocenters. The molecule has 0 bridgehead atoms. The van der Waals surface area contributed by atoms with Crippen LogP contribution in [0.25, 0.3) is 16.6 Å². The molecular weight excluding hydrogens is 346 g/mol. The molecule has 1 amide bonds. The van der Waals surface area contributed by atoms with E-state index in [0.29, 0.717) is 12.2 Å². The number of hydrogen-bond donors (Lipinski definition) is 1. The van der Waals surface area contributed by atoms with E-state index in [1.165, 1.54) is 4.90 Å². The molecule has 0 aliphatic heterocycles. The molecule has 1 aromatic carbocycles. The lowest BCUT2D eigenvalue weighted by Gasteiger charge is -2.21. The second-order valence-corrected chi connectivity index (χ2v) is 6.79. The fraction of sp³-hybridized carbons (Fsp3) is 0.316. The minimum atomic E-state index is -1.06. The maximum Gasteiger partial charge on any atom is 0.323 e. The number of pyridine rings is 1. The zero-order valence-electron chi connectivity index (χ0n) is 15.5. The molecule has 3 aromatic rings. The van der Waals surface area contributed by atoms with Crippen LogP contribution >= 0.6 is 0 Å². The molecule has 0 saturated heterocycles. The largest absolute Gasteiger partial charge is 0.480 e. The first kappa shape index (κ1) is 18.5. The molecule has 140 valence electrons. The lowest BCUT2D eigenvalue weighted by atomic mass is 10.2. The molecule has 8 heteroatoms. The highest BCUT2D eigenvalue weighted by Gasteiger charge is 2.25. The monoisotopic (exact) mass is 367 g/mol. The van der Waals surface area contributed by atoms with Crippen LogP contribution in [0.2, 0.25) is 0 Å². The van der Waals surface area contributed by atoms with Gasteiger partial charge in [-0.05, 0) is 37.1 Å². The van der Waals surface area contributed by atoms with Crippen LogP contribution in [-0.2, 0) is 4.79 Å². The van der Waals surface area contributed by atoms with Crippen molar-refractivity contribution in [2.45, 2.75) is 20.8 Å². The standard InChI is InChI=1S/C19H21N5O3/c1-12(2)10-23(11-17(25)26)19(27)18-13(3)24(22-21-18)15-6-7-16-14(9-15)5-4-8-20-16/h4-9,12H,10-11H2,1-3H3,(H,25,26). The summed E-state index contributed by atoms with van der Waals surface area (Å²) in [4.78, 5) is 29.5. The summed E-state index contributed by atoms with van der Waals surface area (Å²) < 4.78 is 1.58. The lowest BCUT2D eigenvalue weighted by molar-refractivity contribution is -0.137. The SMILES string of the molecule is Cc1c(C(=O)N(CC(=O)O)CC(C)C)nnn1-c1ccc2ncccc2c1. The molecule has 1 N–H and O–H groups in total. The van der Waals surface area contributed by atoms with Crippen molar-refractivity contribution in [1.82, 2.24) is 24.9 Å². The Labute approximate surface area is 156 Å². The summed E-state index contributed by atoms with van der Waals surface area (Å²) in [5.74, 6) is -1.36. The lowest BCUT2D eigenvalue weighted by Crippen LogP contribution is -2.38. The Morgan fingerprint density at radius 1 is 1.26 bits per heavy atom. The van der Waals surface area contributed by atoms with E-state index in [-0.39, 0.29) is 18.2 Å². The second-order valence-electron chi connectivity index (χ2n) is 6.79. The third-order valence-corrected chi connectivity index (χ3v) is 4.13. The minimum Gasteiger partial charge on any atom is -0.480 e. The van der Waals surface area contributed by atoms with Crippen molar-refractivity contribution >= 4 is 22.8 Å². The van der Waals surface area contributed by atoms with Crippen molar-refractivity contribution in [3.8, 4) is 5.69 Å². The van der Waals surface area contributed by atoms with Crippen molar-refractivity contribution in [2.75, 3.05) is 13.1 Å². The molecule has 0 aliphatic rings. The van der Waals surface area contributed by atoms with Gasteiger partial charge in [-0.2, -0.15) is 0 Å². The van der Waals surface area contributed by atoms with Crippen molar-refractivity contribution < 1.29 is 14.7 Å². The van der Waals surface area contributed by atoms with E-state index in [4.69, 9.17) is 5.11 Å². The fourth-order valence-corrected chi connectivity index (χ4v) is 2.94. The predicted octanol–water partition coefficient (Wildman–Crippen LogP) is 2.31. The number of aliphatic carboxylic acids is 1. The fourth-order valence-electron chi connectivity index (χ4n) is 2.94. The average Bonchev–Trinajstić information content (AvgIpc) is 3.00. The average molecular weight is 367 g/mol. The smallest absolute Gasteiger partial charge is 0.323 e. The molecule has 8 nitrogen and oxygen atoms in total. The number of aromatic nitrogens is 4. The van der Waals surface area contributed by atoms with Crippen LogP contribution in [0.3, 0.4) is 0 Å². The van der Waals surface area contributed by atoms with Crippen LogP contribution in [0.4, 0.5) is 0 Å². The summed E-state index contributed by atoms with van der Waals surface area (Å²) in [6.45, 7) is 5.56. The van der Waals surface area contributed by atoms with Gasteiger partial charge in [0.2, 0.25) is 0 Å². The first-order valence-corrected chi connectivity index (χ1v) is 8.65. The van der Waals surface area contributed by atoms with Crippen LogP contribution < -0.4 is 0 Å². The quantitative estimate of drug-likeness (QED) is 0.717. The van der Waals surface area contributed by atoms with Crippen LogP contribution in [0.15, 0.2) is 36.5 Å². The number of benzene rings is 1. The molecule has 27 heavy (non-hydrogen) atoms. The van der Waals surface area contributed by atoms with Gasteiger partial charge < -0.3 is 10.0 Å². The number of amides is 1. The molecule has 0 atom stereocenters. The highest BCUT2D eigenvalue weighted by Crippen LogP contribution is 2.19. The van der Waals surface area contributed by atoms with E-state index in [2.05, 4.69) is 15.3 Å². The zero-order chi connectivity index (χ0) is 19.6. The summed E-state index contributed by atoms with van der Waals surface area (Å²) in [5, 5.41) is 18.2. The topological polar surface area (TPSA) is 101 Å². The first-order valence-electron chi connectivity index (χ1n) is 8.65. The molecule has 0 fully saturated rings. The summed E-state index contributed by atoms with van der Waals surface area (Å²) >= 11 is 0. The Morgan fingerprint density at radius 2 is 2.04 bits per heavy atom. The Kier molecular flexibility index (Phi) is 5.16. The summed E-state index contributed by atoms with van der Waals surface area (Å²) in [6.07, 6.45) is 1.73. The van der Waals surface area contributed by atoms with Gasteiger partial charge in [-0.3, -0.25) is 14.6 Å². The van der Waals surface area contributed by atoms with Gasteiger partial charge in [0.1, 0.15) is 6.54 Å². The van der Waals surface area contributed by atoms with Gasteiger partial charge in [0, 0.05) is 18.1 Å². The zero-order valence-corrected chi connectivity index (χ0v) is 15.5. The van der Waals surface area contributed by atoms with Gasteiger partial charge in [0.25, 0.3) is 5.91 Å². The summed E-state index contributed by atoms with van der Waals surface area (Å²) in [5.41, 5.74) is 2.33. The third-order valence-electron chi connectivity index (χ3n) is 4.13. The summed E-state index contributed by atoms with van der Waals surface area (Å²) in [7, 11) is 0. The van der Waals surface area contributed by atoms with Crippen LogP contribution in [-0.4, -0.2) is 55.0 Å². The number of carbonyl (C=O) groups is 2. The molecule has 0 saturated carbocycles. The van der Waals surface area contributed by atoms with Crippen LogP contribution in [0.1, 0.15) is 30.0 Å². The molecule has 0 radical (unpaired) electrons. The molecule has 2 heterocycles. The van der Waals surface area contributed by atoms with E-state index in [1.807, 2.05) is 44.2 Å². The van der Waals surface area contributed by atoms with Gasteiger partial charge >= 0.3 is 5.97 Å². The predicted molar refractivity (Wildman–Crippen MR) is 99.8 cm³/mol. The number of hydrogen-bond acceptors (Lipinski definition) is 5. The maximum atomic E-state index is 12.8. The normalized spacial score (nSPS) is 11.1. The summed E-state index contributed by atoms with van der Waals surface area (Å²) in [6, 6.07) is 9.45. The number of nitrogens with zero attached hydrogens (tertiary/aromatic N) is 5. The van der Waals surface area contributed by atoms with E-state index < -0.39 is 11.9 Å². The van der Waals surface area contributed by atoms with E-state index in [9.17, 15) is 9.59 Å². The van der Waals surface area contributed by atoms with E-state index in [1.54, 1.807) is 17.8 Å². The van der Waals surface area contributed by atoms with Gasteiger partial charge in [0.05, 0.1) is 16.9 Å². The molecule has 0 spiro atoms. The van der Waals surface area contributed by atoms with Crippen molar-refractivity contribution in [3.05, 3.63) is 47.9 Å². The van der Waals surface area contributed by atoms with Gasteiger partial charge in [-0.25, -0.2) is 4.68 Å². The molecule has 2 aromatic heterocycles. The van der Waals surface area contributed by atoms with Crippen molar-refractivity contribution in [2.24, 2.45) is 5.92 Å². The highest BCUT2D eigenvalue weighted by molar-refractivity contribution is 5.95. The molecular formula is C19H21N5O3. The van der Waals surface area contributed by atoms with Gasteiger partial charge in [0.15, 0.2) is 5.69 Å². The minimum absolute atomic E-state index is 0.136. The number of carboxylic acids is 1. The maximum absolute atomic E-state index is 12.8. The number of fused-ring (bicyclic) bond motifs is 1. The van der Waals surface area contributed by atoms with Crippen molar-refractivity contribution in [3.63, 3.8) is 0 Å². The van der Waals surface area contributed by atoms with E-state index in [0.717, 1.165) is 16.6 Å². The Balaban J connectivity index is 1.95. The van der Waals surface area contributed by atoms with Crippen molar-refractivity contribution in [1.29, 1.82) is 0 Å². The number of carbonyl (C=O) groups excluding carboxylic acids is 1. The Bertz CT molecular complexity index is 996. The third kappa shape index (κ3) is 3.94. The van der Waals surface area contributed by atoms with Crippen LogP contribution in [0, 0.1) is 12.8 Å². The second kappa shape index (κ2) is 7.53. The number of carboxylic acid groups (broad SMARTS) is 1. The molecule has 3 rings (SSSR count).